The second-order valence-corrected chi connectivity index (χ2v) is 7.90. The summed E-state index contributed by atoms with van der Waals surface area (Å²) in [4.78, 5) is 44.6. The Hall–Kier alpha value is -4.34. The summed E-state index contributed by atoms with van der Waals surface area (Å²) in [6.45, 7) is 6.05. The van der Waals surface area contributed by atoms with Crippen LogP contribution in [0.5, 0.6) is 0 Å². The van der Waals surface area contributed by atoms with Crippen LogP contribution in [0.25, 0.3) is 33.5 Å². The van der Waals surface area contributed by atoms with E-state index in [-0.39, 0.29) is 24.5 Å². The minimum absolute atomic E-state index is 0.137. The summed E-state index contributed by atoms with van der Waals surface area (Å²) >= 11 is 0. The molecule has 3 aromatic heterocycles. The molecule has 0 atom stereocenters. The predicted octanol–water partition coefficient (Wildman–Crippen LogP) is 3.92. The zero-order valence-corrected chi connectivity index (χ0v) is 19.1. The standard InChI is InChI=1S/C24H25N7O3/c1-4-26-24(33)31-23-29-19-10-16(9-18(20(19)30-23)21-27-6-5-7-28-21)17-8-15(11-25-12-17)13-34-22(32)14(2)3/h5-12,14H,4,13H2,1-3H3,(H3,26,29,30,31,33). The van der Waals surface area contributed by atoms with E-state index in [9.17, 15) is 9.59 Å². The van der Waals surface area contributed by atoms with Crippen LogP contribution in [0.1, 0.15) is 26.3 Å². The molecule has 0 spiro atoms. The largest absolute Gasteiger partial charge is 0.461 e. The van der Waals surface area contributed by atoms with Crippen molar-refractivity contribution in [1.29, 1.82) is 0 Å². The number of aromatic amines is 1. The van der Waals surface area contributed by atoms with Crippen molar-refractivity contribution in [2.75, 3.05) is 11.9 Å². The molecule has 2 amide bonds. The first-order valence-corrected chi connectivity index (χ1v) is 10.9. The fourth-order valence-corrected chi connectivity index (χ4v) is 3.31. The van der Waals surface area contributed by atoms with Gasteiger partial charge in [-0.05, 0) is 36.8 Å². The Labute approximate surface area is 196 Å². The number of benzene rings is 1. The molecule has 0 aliphatic rings. The lowest BCUT2D eigenvalue weighted by molar-refractivity contribution is -0.148. The maximum absolute atomic E-state index is 12.0. The number of nitrogens with zero attached hydrogens (tertiary/aromatic N) is 4. The molecule has 34 heavy (non-hydrogen) atoms. The zero-order valence-electron chi connectivity index (χ0n) is 19.1. The Bertz CT molecular complexity index is 1320. The third kappa shape index (κ3) is 5.17. The number of anilines is 1. The number of carbonyl (C=O) groups is 2. The fraction of sp³-hybridized carbons (Fsp3) is 0.250. The van der Waals surface area contributed by atoms with E-state index in [2.05, 4.69) is 35.6 Å². The Kier molecular flexibility index (Phi) is 6.77. The van der Waals surface area contributed by atoms with E-state index in [1.54, 1.807) is 44.7 Å². The van der Waals surface area contributed by atoms with E-state index in [4.69, 9.17) is 4.74 Å². The molecule has 3 heterocycles. The Morgan fingerprint density at radius 2 is 1.88 bits per heavy atom. The molecule has 0 bridgehead atoms. The van der Waals surface area contributed by atoms with E-state index < -0.39 is 0 Å². The van der Waals surface area contributed by atoms with Crippen LogP contribution in [-0.2, 0) is 16.1 Å². The molecular formula is C24H25N7O3. The van der Waals surface area contributed by atoms with Gasteiger partial charge in [0.2, 0.25) is 5.95 Å². The molecule has 0 fully saturated rings. The zero-order chi connectivity index (χ0) is 24.1. The van der Waals surface area contributed by atoms with Gasteiger partial charge in [-0.2, -0.15) is 0 Å². The maximum Gasteiger partial charge on any atom is 0.321 e. The molecule has 3 N–H and O–H groups in total. The van der Waals surface area contributed by atoms with Crippen LogP contribution in [0.4, 0.5) is 10.7 Å². The number of H-pyrrole nitrogens is 1. The van der Waals surface area contributed by atoms with Gasteiger partial charge >= 0.3 is 12.0 Å². The smallest absolute Gasteiger partial charge is 0.321 e. The van der Waals surface area contributed by atoms with Crippen molar-refractivity contribution < 1.29 is 14.3 Å². The van der Waals surface area contributed by atoms with Crippen LogP contribution < -0.4 is 10.6 Å². The number of esters is 1. The molecule has 0 aliphatic heterocycles. The first-order valence-electron chi connectivity index (χ1n) is 10.9. The number of hydrogen-bond donors (Lipinski definition) is 3. The Morgan fingerprint density at radius 1 is 1.09 bits per heavy atom. The summed E-state index contributed by atoms with van der Waals surface area (Å²) in [6.07, 6.45) is 6.72. The first-order chi connectivity index (χ1) is 16.4. The van der Waals surface area contributed by atoms with Crippen molar-refractivity contribution in [3.8, 4) is 22.5 Å². The third-order valence-electron chi connectivity index (χ3n) is 4.95. The number of pyridine rings is 1. The van der Waals surface area contributed by atoms with E-state index in [0.29, 0.717) is 29.4 Å². The first kappa shape index (κ1) is 22.8. The number of urea groups is 1. The summed E-state index contributed by atoms with van der Waals surface area (Å²) in [5, 5.41) is 5.37. The highest BCUT2D eigenvalue weighted by Gasteiger charge is 2.16. The van der Waals surface area contributed by atoms with E-state index >= 15 is 0 Å². The minimum atomic E-state index is -0.355. The molecule has 4 aromatic rings. The summed E-state index contributed by atoms with van der Waals surface area (Å²) < 4.78 is 5.34. The lowest BCUT2D eigenvalue weighted by Crippen LogP contribution is -2.28. The molecule has 0 saturated heterocycles. The van der Waals surface area contributed by atoms with Gasteiger partial charge < -0.3 is 15.0 Å². The number of imidazole rings is 1. The van der Waals surface area contributed by atoms with Gasteiger partial charge in [-0.3, -0.25) is 15.1 Å². The third-order valence-corrected chi connectivity index (χ3v) is 4.95. The van der Waals surface area contributed by atoms with Crippen LogP contribution in [0.2, 0.25) is 0 Å². The number of fused-ring (bicyclic) bond motifs is 1. The van der Waals surface area contributed by atoms with Crippen LogP contribution in [0, 0.1) is 5.92 Å². The lowest BCUT2D eigenvalue weighted by atomic mass is 10.0. The molecule has 10 nitrogen and oxygen atoms in total. The number of rotatable bonds is 7. The second-order valence-electron chi connectivity index (χ2n) is 7.90. The van der Waals surface area contributed by atoms with Gasteiger partial charge in [0.15, 0.2) is 5.82 Å². The van der Waals surface area contributed by atoms with Gasteiger partial charge in [0.1, 0.15) is 6.61 Å². The number of ether oxygens (including phenoxy) is 1. The van der Waals surface area contributed by atoms with Gasteiger partial charge in [-0.25, -0.2) is 19.7 Å². The molecule has 0 radical (unpaired) electrons. The monoisotopic (exact) mass is 459 g/mol. The van der Waals surface area contributed by atoms with Gasteiger partial charge in [0.05, 0.1) is 17.0 Å². The number of aromatic nitrogens is 5. The summed E-state index contributed by atoms with van der Waals surface area (Å²) in [5.41, 5.74) is 4.46. The highest BCUT2D eigenvalue weighted by Crippen LogP contribution is 2.32. The van der Waals surface area contributed by atoms with Crippen molar-refractivity contribution in [1.82, 2.24) is 30.2 Å². The molecule has 1 aromatic carbocycles. The van der Waals surface area contributed by atoms with Crippen molar-refractivity contribution in [2.45, 2.75) is 27.4 Å². The Balaban J connectivity index is 1.74. The molecule has 0 aliphatic carbocycles. The molecule has 174 valence electrons. The topological polar surface area (TPSA) is 135 Å². The van der Waals surface area contributed by atoms with Crippen molar-refractivity contribution in [2.24, 2.45) is 5.92 Å². The SMILES string of the molecule is CCNC(=O)Nc1nc2cc(-c3cncc(COC(=O)C(C)C)c3)cc(-c3ncccn3)c2[nH]1. The fourth-order valence-electron chi connectivity index (χ4n) is 3.31. The van der Waals surface area contributed by atoms with E-state index in [1.807, 2.05) is 25.1 Å². The number of hydrogen-bond acceptors (Lipinski definition) is 7. The summed E-state index contributed by atoms with van der Waals surface area (Å²) in [7, 11) is 0. The van der Waals surface area contributed by atoms with Gasteiger partial charge in [-0.1, -0.05) is 13.8 Å². The van der Waals surface area contributed by atoms with Gasteiger partial charge in [-0.15, -0.1) is 0 Å². The summed E-state index contributed by atoms with van der Waals surface area (Å²) in [6, 6.07) is 7.13. The minimum Gasteiger partial charge on any atom is -0.461 e. The highest BCUT2D eigenvalue weighted by molar-refractivity contribution is 5.97. The van der Waals surface area contributed by atoms with Crippen LogP contribution in [-0.4, -0.2) is 43.5 Å². The van der Waals surface area contributed by atoms with Crippen LogP contribution in [0.3, 0.4) is 0 Å². The van der Waals surface area contributed by atoms with Crippen molar-refractivity contribution >= 4 is 29.0 Å². The lowest BCUT2D eigenvalue weighted by Gasteiger charge is -2.09. The number of nitrogens with one attached hydrogen (secondary N) is 3. The average Bonchev–Trinajstić information content (AvgIpc) is 3.24. The average molecular weight is 460 g/mol. The van der Waals surface area contributed by atoms with Crippen LogP contribution in [0.15, 0.2) is 49.1 Å². The van der Waals surface area contributed by atoms with Gasteiger partial charge in [0.25, 0.3) is 0 Å². The molecule has 4 rings (SSSR count). The summed E-state index contributed by atoms with van der Waals surface area (Å²) in [5.74, 6) is 0.355. The molecule has 0 saturated carbocycles. The number of amides is 2. The maximum atomic E-state index is 12.0. The Morgan fingerprint density at radius 3 is 2.62 bits per heavy atom. The second kappa shape index (κ2) is 10.1. The normalized spacial score (nSPS) is 10.9. The van der Waals surface area contributed by atoms with Crippen molar-refractivity contribution in [3.63, 3.8) is 0 Å². The highest BCUT2D eigenvalue weighted by atomic mass is 16.5. The van der Waals surface area contributed by atoms with Crippen molar-refractivity contribution in [3.05, 3.63) is 54.6 Å². The molecule has 10 heteroatoms. The molecule has 0 unspecified atom stereocenters. The number of carbonyl (C=O) groups excluding carboxylic acids is 2. The molecular weight excluding hydrogens is 434 g/mol. The van der Waals surface area contributed by atoms with Crippen LogP contribution >= 0.6 is 0 Å². The van der Waals surface area contributed by atoms with E-state index in [0.717, 1.165) is 22.3 Å². The van der Waals surface area contributed by atoms with Gasteiger partial charge in [0, 0.05) is 48.0 Å². The quantitative estimate of drug-likeness (QED) is 0.356. The van der Waals surface area contributed by atoms with E-state index in [1.165, 1.54) is 0 Å². The predicted molar refractivity (Wildman–Crippen MR) is 128 cm³/mol.